The molecular weight excluding hydrogens is 474 g/mol. The van der Waals surface area contributed by atoms with Crippen molar-refractivity contribution in [3.05, 3.63) is 114 Å². The number of fused-ring (bicyclic) bond motifs is 1. The number of benzene rings is 4. The summed E-state index contributed by atoms with van der Waals surface area (Å²) in [6.07, 6.45) is 3.17. The normalized spacial score (nSPS) is 11.5. The topological polar surface area (TPSA) is 38.3 Å². The molecular formula is C29H30BrNO2. The van der Waals surface area contributed by atoms with Gasteiger partial charge >= 0.3 is 5.97 Å². The van der Waals surface area contributed by atoms with Gasteiger partial charge in [-0.25, -0.2) is 4.79 Å². The van der Waals surface area contributed by atoms with Crippen LogP contribution in [0.2, 0.25) is 0 Å². The fourth-order valence-corrected chi connectivity index (χ4v) is 3.83. The van der Waals surface area contributed by atoms with E-state index in [9.17, 15) is 4.79 Å². The molecule has 1 atom stereocenters. The van der Waals surface area contributed by atoms with Crippen molar-refractivity contribution in [3.63, 3.8) is 0 Å². The highest BCUT2D eigenvalue weighted by atomic mass is 79.9. The molecule has 0 aliphatic heterocycles. The highest BCUT2D eigenvalue weighted by Crippen LogP contribution is 2.23. The summed E-state index contributed by atoms with van der Waals surface area (Å²) in [5, 5.41) is 5.85. The third-order valence-electron chi connectivity index (χ3n) is 5.71. The van der Waals surface area contributed by atoms with Crippen LogP contribution in [-0.2, 0) is 12.8 Å². The molecule has 4 rings (SSSR count). The smallest absolute Gasteiger partial charge is 0.343 e. The Morgan fingerprint density at radius 1 is 0.788 bits per heavy atom. The Morgan fingerprint density at radius 3 is 2.24 bits per heavy atom. The van der Waals surface area contributed by atoms with E-state index >= 15 is 0 Å². The van der Waals surface area contributed by atoms with E-state index in [1.165, 1.54) is 11.1 Å². The lowest BCUT2D eigenvalue weighted by Gasteiger charge is -2.14. The largest absolute Gasteiger partial charge is 0.423 e. The van der Waals surface area contributed by atoms with Crippen LogP contribution < -0.4 is 10.1 Å². The summed E-state index contributed by atoms with van der Waals surface area (Å²) in [7, 11) is 0. The van der Waals surface area contributed by atoms with Gasteiger partial charge in [0.1, 0.15) is 5.75 Å². The van der Waals surface area contributed by atoms with Crippen LogP contribution in [0.3, 0.4) is 0 Å². The third kappa shape index (κ3) is 7.28. The second-order valence-electron chi connectivity index (χ2n) is 8.23. The van der Waals surface area contributed by atoms with Gasteiger partial charge in [0.25, 0.3) is 0 Å². The first kappa shape index (κ1) is 24.7. The van der Waals surface area contributed by atoms with Gasteiger partial charge in [-0.05, 0) is 78.9 Å². The van der Waals surface area contributed by atoms with Gasteiger partial charge in [0, 0.05) is 6.04 Å². The van der Waals surface area contributed by atoms with E-state index in [1.807, 2.05) is 36.4 Å². The molecule has 0 fully saturated rings. The molecule has 4 aromatic carbocycles. The van der Waals surface area contributed by atoms with Gasteiger partial charge in [0.15, 0.2) is 0 Å². The molecule has 33 heavy (non-hydrogen) atoms. The Morgan fingerprint density at radius 2 is 1.48 bits per heavy atom. The van der Waals surface area contributed by atoms with Crippen LogP contribution in [0.1, 0.15) is 34.8 Å². The van der Waals surface area contributed by atoms with Crippen LogP contribution in [0.5, 0.6) is 5.75 Å². The van der Waals surface area contributed by atoms with Crippen molar-refractivity contribution in [2.45, 2.75) is 32.2 Å². The van der Waals surface area contributed by atoms with Gasteiger partial charge in [0.2, 0.25) is 0 Å². The molecule has 0 saturated heterocycles. The number of esters is 1. The fraction of sp³-hybridized carbons (Fsp3) is 0.207. The zero-order valence-corrected chi connectivity index (χ0v) is 20.6. The van der Waals surface area contributed by atoms with Crippen LogP contribution in [0.15, 0.2) is 97.1 Å². The molecule has 0 radical (unpaired) electrons. The molecule has 0 aliphatic rings. The van der Waals surface area contributed by atoms with Gasteiger partial charge < -0.3 is 10.1 Å². The predicted octanol–water partition coefficient (Wildman–Crippen LogP) is 6.79. The Labute approximate surface area is 206 Å². The second kappa shape index (κ2) is 12.3. The summed E-state index contributed by atoms with van der Waals surface area (Å²) < 4.78 is 5.57. The van der Waals surface area contributed by atoms with Gasteiger partial charge in [-0.15, -0.1) is 17.0 Å². The van der Waals surface area contributed by atoms with E-state index in [0.717, 1.165) is 36.6 Å². The molecule has 0 amide bonds. The number of aryl methyl sites for hydroxylation is 1. The molecule has 170 valence electrons. The summed E-state index contributed by atoms with van der Waals surface area (Å²) in [4.78, 5) is 12.3. The van der Waals surface area contributed by atoms with Crippen molar-refractivity contribution in [1.29, 1.82) is 0 Å². The van der Waals surface area contributed by atoms with Crippen LogP contribution >= 0.6 is 17.0 Å². The van der Waals surface area contributed by atoms with Crippen molar-refractivity contribution >= 4 is 33.7 Å². The molecule has 0 saturated carbocycles. The zero-order valence-electron chi connectivity index (χ0n) is 18.9. The maximum absolute atomic E-state index is 12.3. The number of hydrogen-bond acceptors (Lipinski definition) is 3. The first-order valence-corrected chi connectivity index (χ1v) is 11.2. The highest BCUT2D eigenvalue weighted by molar-refractivity contribution is 8.93. The summed E-state index contributed by atoms with van der Waals surface area (Å²) >= 11 is 0. The molecule has 4 aromatic rings. The van der Waals surface area contributed by atoms with Crippen molar-refractivity contribution < 1.29 is 9.53 Å². The average molecular weight is 504 g/mol. The van der Waals surface area contributed by atoms with Crippen molar-refractivity contribution in [3.8, 4) is 5.75 Å². The summed E-state index contributed by atoms with van der Waals surface area (Å²) in [6.45, 7) is 3.18. The summed E-state index contributed by atoms with van der Waals surface area (Å²) in [6, 6.07) is 32.4. The minimum atomic E-state index is -0.338. The number of carbonyl (C=O) groups excluding carboxylic acids is 1. The molecule has 1 unspecified atom stereocenters. The fourth-order valence-electron chi connectivity index (χ4n) is 3.83. The molecule has 4 heteroatoms. The lowest BCUT2D eigenvalue weighted by molar-refractivity contribution is 0.0735. The molecule has 0 aliphatic carbocycles. The monoisotopic (exact) mass is 503 g/mol. The van der Waals surface area contributed by atoms with E-state index < -0.39 is 0 Å². The minimum absolute atomic E-state index is 0. The van der Waals surface area contributed by atoms with Gasteiger partial charge in [-0.1, -0.05) is 72.8 Å². The first-order chi connectivity index (χ1) is 15.7. The Kier molecular flexibility index (Phi) is 9.23. The lowest BCUT2D eigenvalue weighted by atomic mass is 10.0. The Balaban J connectivity index is 0.00000306. The Hall–Kier alpha value is -2.95. The molecule has 0 aromatic heterocycles. The summed E-state index contributed by atoms with van der Waals surface area (Å²) in [5.41, 5.74) is 3.21. The molecule has 0 heterocycles. The standard InChI is InChI=1S/C29H29NO2.BrH/c1-22(12-13-23-8-4-2-5-9-23)30-19-18-24-14-15-25-16-17-28(21-27(25)20-24)32-29(31)26-10-6-3-7-11-26;/h2-11,14-17,20-22,30H,12-13,18-19H2,1H3;1H. The van der Waals surface area contributed by atoms with Crippen LogP contribution in [0, 0.1) is 0 Å². The zero-order chi connectivity index (χ0) is 22.2. The first-order valence-electron chi connectivity index (χ1n) is 11.2. The van der Waals surface area contributed by atoms with E-state index in [-0.39, 0.29) is 23.0 Å². The van der Waals surface area contributed by atoms with E-state index in [2.05, 4.69) is 60.8 Å². The second-order valence-corrected chi connectivity index (χ2v) is 8.23. The average Bonchev–Trinajstić information content (AvgIpc) is 2.84. The van der Waals surface area contributed by atoms with Gasteiger partial charge in [0.05, 0.1) is 5.56 Å². The maximum Gasteiger partial charge on any atom is 0.343 e. The quantitative estimate of drug-likeness (QED) is 0.202. The Bertz CT molecular complexity index is 1160. The predicted molar refractivity (Wildman–Crippen MR) is 142 cm³/mol. The van der Waals surface area contributed by atoms with Crippen LogP contribution in [-0.4, -0.2) is 18.6 Å². The minimum Gasteiger partial charge on any atom is -0.423 e. The molecule has 1 N–H and O–H groups in total. The van der Waals surface area contributed by atoms with Crippen molar-refractivity contribution in [2.24, 2.45) is 0 Å². The number of nitrogens with one attached hydrogen (secondary N) is 1. The number of halogens is 1. The summed E-state index contributed by atoms with van der Waals surface area (Å²) in [5.74, 6) is 0.228. The number of carbonyl (C=O) groups is 1. The molecule has 3 nitrogen and oxygen atoms in total. The lowest BCUT2D eigenvalue weighted by Crippen LogP contribution is -2.28. The van der Waals surface area contributed by atoms with E-state index in [4.69, 9.17) is 4.74 Å². The SMILES string of the molecule is Br.CC(CCc1ccccc1)NCCc1ccc2ccc(OC(=O)c3ccccc3)cc2c1. The van der Waals surface area contributed by atoms with Crippen LogP contribution in [0.25, 0.3) is 10.8 Å². The highest BCUT2D eigenvalue weighted by Gasteiger charge is 2.09. The third-order valence-corrected chi connectivity index (χ3v) is 5.71. The number of ether oxygens (including phenoxy) is 1. The van der Waals surface area contributed by atoms with Gasteiger partial charge in [-0.2, -0.15) is 0 Å². The van der Waals surface area contributed by atoms with E-state index in [0.29, 0.717) is 17.4 Å². The molecule has 0 bridgehead atoms. The molecule has 0 spiro atoms. The van der Waals surface area contributed by atoms with Crippen LogP contribution in [0.4, 0.5) is 0 Å². The maximum atomic E-state index is 12.3. The number of hydrogen-bond donors (Lipinski definition) is 1. The van der Waals surface area contributed by atoms with Crippen molar-refractivity contribution in [1.82, 2.24) is 5.32 Å². The van der Waals surface area contributed by atoms with E-state index in [1.54, 1.807) is 12.1 Å². The number of rotatable bonds is 9. The van der Waals surface area contributed by atoms with Gasteiger partial charge in [-0.3, -0.25) is 0 Å². The van der Waals surface area contributed by atoms with Crippen molar-refractivity contribution in [2.75, 3.05) is 6.54 Å².